The first-order valence-corrected chi connectivity index (χ1v) is 8.40. The Morgan fingerprint density at radius 3 is 2.38 bits per heavy atom. The van der Waals surface area contributed by atoms with Gasteiger partial charge in [0.2, 0.25) is 0 Å². The molecule has 0 heterocycles. The number of methoxy groups -OCH3 is 1. The number of hydrogen-bond donors (Lipinski definition) is 2. The fourth-order valence-electron chi connectivity index (χ4n) is 2.51. The second kappa shape index (κ2) is 9.79. The van der Waals surface area contributed by atoms with Crippen molar-refractivity contribution in [2.75, 3.05) is 27.1 Å². The predicted octanol–water partition coefficient (Wildman–Crippen LogP) is 2.81. The summed E-state index contributed by atoms with van der Waals surface area (Å²) >= 11 is 0. The number of hydrogen-bond acceptors (Lipinski definition) is 6. The van der Waals surface area contributed by atoms with Crippen LogP contribution in [0.4, 0.5) is 0 Å². The summed E-state index contributed by atoms with van der Waals surface area (Å²) < 4.78 is 15.5. The van der Waals surface area contributed by atoms with E-state index in [-0.39, 0.29) is 30.5 Å². The third-order valence-corrected chi connectivity index (χ3v) is 3.98. The van der Waals surface area contributed by atoms with Crippen molar-refractivity contribution in [3.63, 3.8) is 0 Å². The molecule has 1 atom stereocenters. The average molecular weight is 360 g/mol. The molecule has 0 amide bonds. The quantitative estimate of drug-likeness (QED) is 0.385. The molecule has 2 aromatic carbocycles. The van der Waals surface area contributed by atoms with Gasteiger partial charge in [-0.2, -0.15) is 0 Å². The number of carbonyl (C=O) groups excluding carboxylic acids is 1. The van der Waals surface area contributed by atoms with E-state index in [4.69, 9.17) is 14.2 Å². The zero-order valence-electron chi connectivity index (χ0n) is 15.0. The van der Waals surface area contributed by atoms with Crippen molar-refractivity contribution in [2.24, 2.45) is 5.92 Å². The Morgan fingerprint density at radius 1 is 1.12 bits per heavy atom. The number of ether oxygens (including phenoxy) is 3. The van der Waals surface area contributed by atoms with Crippen molar-refractivity contribution in [2.45, 2.75) is 13.3 Å². The van der Waals surface area contributed by atoms with Crippen LogP contribution in [-0.4, -0.2) is 43.1 Å². The lowest BCUT2D eigenvalue weighted by molar-refractivity contribution is 0.0223. The molecule has 0 aliphatic heterocycles. The van der Waals surface area contributed by atoms with Crippen molar-refractivity contribution in [3.8, 4) is 17.2 Å². The minimum absolute atomic E-state index is 0.0694. The highest BCUT2D eigenvalue weighted by Crippen LogP contribution is 2.27. The molecule has 0 aliphatic carbocycles. The molecule has 0 radical (unpaired) electrons. The first kappa shape index (κ1) is 19.8. The largest absolute Gasteiger partial charge is 0.507 e. The minimum atomic E-state index is -0.649. The van der Waals surface area contributed by atoms with E-state index >= 15 is 0 Å². The van der Waals surface area contributed by atoms with Gasteiger partial charge in [-0.25, -0.2) is 0 Å². The van der Waals surface area contributed by atoms with E-state index in [0.717, 1.165) is 11.3 Å². The lowest BCUT2D eigenvalue weighted by atomic mass is 9.91. The maximum Gasteiger partial charge on any atom is 0.189 e. The molecular weight excluding hydrogens is 336 g/mol. The fourth-order valence-corrected chi connectivity index (χ4v) is 2.51. The smallest absolute Gasteiger partial charge is 0.189 e. The third-order valence-electron chi connectivity index (χ3n) is 3.98. The number of aliphatic hydroxyl groups excluding tert-OH is 1. The Labute approximate surface area is 152 Å². The molecule has 2 aromatic rings. The summed E-state index contributed by atoms with van der Waals surface area (Å²) in [4.78, 5) is 12.7. The van der Waals surface area contributed by atoms with Gasteiger partial charge < -0.3 is 24.4 Å². The van der Waals surface area contributed by atoms with Crippen LogP contribution in [0, 0.1) is 5.92 Å². The Balaban J connectivity index is 2.08. The molecule has 0 spiro atoms. The Hall–Kier alpha value is -2.57. The summed E-state index contributed by atoms with van der Waals surface area (Å²) in [5, 5.41) is 19.8. The molecule has 2 N–H and O–H groups in total. The number of ketones is 1. The van der Waals surface area contributed by atoms with Crippen LogP contribution >= 0.6 is 0 Å². The van der Waals surface area contributed by atoms with Gasteiger partial charge in [-0.05, 0) is 43.2 Å². The van der Waals surface area contributed by atoms with Crippen LogP contribution in [0.3, 0.4) is 0 Å². The molecule has 0 aliphatic rings. The first-order valence-electron chi connectivity index (χ1n) is 8.40. The van der Waals surface area contributed by atoms with Crippen molar-refractivity contribution in [3.05, 3.63) is 53.6 Å². The van der Waals surface area contributed by atoms with Crippen molar-refractivity contribution in [1.82, 2.24) is 0 Å². The number of phenolic OH excluding ortho intramolecular Hbond substituents is 1. The molecule has 6 heteroatoms. The highest BCUT2D eigenvalue weighted by molar-refractivity contribution is 6.00. The maximum absolute atomic E-state index is 12.7. The molecule has 0 saturated carbocycles. The lowest BCUT2D eigenvalue weighted by Crippen LogP contribution is -2.21. The zero-order chi connectivity index (χ0) is 18.9. The van der Waals surface area contributed by atoms with Crippen LogP contribution in [-0.2, 0) is 11.2 Å². The van der Waals surface area contributed by atoms with Crippen LogP contribution in [0.2, 0.25) is 0 Å². The molecule has 140 valence electrons. The van der Waals surface area contributed by atoms with Gasteiger partial charge in [0.1, 0.15) is 17.2 Å². The Bertz CT molecular complexity index is 711. The van der Waals surface area contributed by atoms with E-state index < -0.39 is 5.92 Å². The first-order chi connectivity index (χ1) is 12.6. The number of aliphatic hydroxyl groups is 1. The van der Waals surface area contributed by atoms with Gasteiger partial charge in [0.15, 0.2) is 12.6 Å². The number of Topliss-reactive ketones (excluding diaryl/α,β-unsaturated/α-hetero) is 1. The van der Waals surface area contributed by atoms with Crippen molar-refractivity contribution in [1.29, 1.82) is 0 Å². The van der Waals surface area contributed by atoms with Crippen molar-refractivity contribution >= 4 is 5.78 Å². The highest BCUT2D eigenvalue weighted by atomic mass is 16.7. The number of carbonyl (C=O) groups is 1. The highest BCUT2D eigenvalue weighted by Gasteiger charge is 2.22. The van der Waals surface area contributed by atoms with Gasteiger partial charge >= 0.3 is 0 Å². The van der Waals surface area contributed by atoms with Gasteiger partial charge in [0.25, 0.3) is 0 Å². The van der Waals surface area contributed by atoms with Gasteiger partial charge in [0.05, 0.1) is 19.3 Å². The summed E-state index contributed by atoms with van der Waals surface area (Å²) in [6.07, 6.45) is 0.362. The normalized spacial score (nSPS) is 11.8. The van der Waals surface area contributed by atoms with Crippen LogP contribution in [0.25, 0.3) is 0 Å². The molecule has 0 bridgehead atoms. The second-order valence-corrected chi connectivity index (χ2v) is 5.73. The maximum atomic E-state index is 12.7. The molecule has 2 rings (SSSR count). The summed E-state index contributed by atoms with van der Waals surface area (Å²) in [6.45, 7) is 2.12. The van der Waals surface area contributed by atoms with E-state index in [1.54, 1.807) is 25.3 Å². The van der Waals surface area contributed by atoms with Crippen LogP contribution < -0.4 is 9.47 Å². The van der Waals surface area contributed by atoms with Crippen LogP contribution in [0.1, 0.15) is 22.8 Å². The molecule has 0 saturated heterocycles. The van der Waals surface area contributed by atoms with Gasteiger partial charge in [-0.1, -0.05) is 12.1 Å². The topological polar surface area (TPSA) is 85.2 Å². The third kappa shape index (κ3) is 5.21. The van der Waals surface area contributed by atoms with Gasteiger partial charge in [0, 0.05) is 18.6 Å². The number of aromatic hydroxyl groups is 1. The molecule has 6 nitrogen and oxygen atoms in total. The minimum Gasteiger partial charge on any atom is -0.507 e. The summed E-state index contributed by atoms with van der Waals surface area (Å²) in [7, 11) is 1.58. The van der Waals surface area contributed by atoms with E-state index in [9.17, 15) is 15.0 Å². The van der Waals surface area contributed by atoms with Crippen molar-refractivity contribution < 1.29 is 29.2 Å². The zero-order valence-corrected chi connectivity index (χ0v) is 15.0. The summed E-state index contributed by atoms with van der Waals surface area (Å²) in [6, 6.07) is 11.8. The number of phenols is 1. The second-order valence-electron chi connectivity index (χ2n) is 5.73. The summed E-state index contributed by atoms with van der Waals surface area (Å²) in [5.41, 5.74) is 1.05. The summed E-state index contributed by atoms with van der Waals surface area (Å²) in [5.74, 6) is -0.0250. The van der Waals surface area contributed by atoms with Gasteiger partial charge in [-0.3, -0.25) is 4.79 Å². The van der Waals surface area contributed by atoms with E-state index in [1.807, 2.05) is 19.1 Å². The molecule has 0 fully saturated rings. The average Bonchev–Trinajstić information content (AvgIpc) is 2.66. The van der Waals surface area contributed by atoms with E-state index in [1.165, 1.54) is 12.1 Å². The standard InChI is InChI=1S/C20H24O6/c1-3-25-13-26-17-8-9-18(19(22)11-17)20(23)15(12-21)10-14-4-6-16(24-2)7-5-14/h4-9,11,15,21-22H,3,10,12-13H2,1-2H3. The lowest BCUT2D eigenvalue weighted by Gasteiger charge is -2.15. The predicted molar refractivity (Wildman–Crippen MR) is 96.8 cm³/mol. The fraction of sp³-hybridized carbons (Fsp3) is 0.350. The molecular formula is C20H24O6. The number of rotatable bonds is 10. The SMILES string of the molecule is CCOCOc1ccc(C(=O)C(CO)Cc2ccc(OC)cc2)c(O)c1. The van der Waals surface area contributed by atoms with Gasteiger partial charge in [-0.15, -0.1) is 0 Å². The Morgan fingerprint density at radius 2 is 1.81 bits per heavy atom. The molecule has 0 aromatic heterocycles. The number of benzene rings is 2. The van der Waals surface area contributed by atoms with E-state index in [2.05, 4.69) is 0 Å². The molecule has 26 heavy (non-hydrogen) atoms. The Kier molecular flexibility index (Phi) is 7.44. The van der Waals surface area contributed by atoms with Crippen LogP contribution in [0.5, 0.6) is 17.2 Å². The monoisotopic (exact) mass is 360 g/mol. The molecule has 1 unspecified atom stereocenters. The van der Waals surface area contributed by atoms with E-state index in [0.29, 0.717) is 18.8 Å². The van der Waals surface area contributed by atoms with Crippen LogP contribution in [0.15, 0.2) is 42.5 Å².